The minimum atomic E-state index is 0.269. The van der Waals surface area contributed by atoms with E-state index in [-0.39, 0.29) is 5.37 Å². The first-order valence-electron chi connectivity index (χ1n) is 9.19. The van der Waals surface area contributed by atoms with Crippen LogP contribution in [0.5, 0.6) is 0 Å². The molecule has 1 aromatic rings. The summed E-state index contributed by atoms with van der Waals surface area (Å²) in [5.74, 6) is 1.01. The number of rotatable bonds is 11. The molecule has 134 valence electrons. The minimum Gasteiger partial charge on any atom is -0.348 e. The Labute approximate surface area is 149 Å². The van der Waals surface area contributed by atoms with Gasteiger partial charge in [-0.1, -0.05) is 64.9 Å². The molecule has 3 nitrogen and oxygen atoms in total. The first-order valence-corrected chi connectivity index (χ1v) is 9.70. The van der Waals surface area contributed by atoms with Crippen LogP contribution in [0.3, 0.4) is 0 Å². The molecular formula is C19H37N3S. The highest BCUT2D eigenvalue weighted by Crippen LogP contribution is 2.18. The van der Waals surface area contributed by atoms with Crippen molar-refractivity contribution in [3.8, 4) is 0 Å². The Hall–Kier alpha value is -0.740. The van der Waals surface area contributed by atoms with E-state index in [1.54, 1.807) is 0 Å². The number of nitrogens with zero attached hydrogens (tertiary/aromatic N) is 2. The van der Waals surface area contributed by atoms with Crippen molar-refractivity contribution < 1.29 is 0 Å². The zero-order valence-corrected chi connectivity index (χ0v) is 16.3. The number of aromatic nitrogens is 1. The summed E-state index contributed by atoms with van der Waals surface area (Å²) >= 11 is 4.68. The van der Waals surface area contributed by atoms with E-state index in [1.165, 1.54) is 44.9 Å². The van der Waals surface area contributed by atoms with Gasteiger partial charge >= 0.3 is 0 Å². The SMILES string of the molecule is CCCCCCCCCC(S)N(C)c1ccccn1.CCCN. The van der Waals surface area contributed by atoms with Gasteiger partial charge < -0.3 is 10.6 Å². The molecule has 0 saturated heterocycles. The Morgan fingerprint density at radius 2 is 1.65 bits per heavy atom. The van der Waals surface area contributed by atoms with Gasteiger partial charge in [-0.3, -0.25) is 0 Å². The van der Waals surface area contributed by atoms with Crippen molar-refractivity contribution in [1.82, 2.24) is 4.98 Å². The monoisotopic (exact) mass is 339 g/mol. The van der Waals surface area contributed by atoms with E-state index in [4.69, 9.17) is 5.73 Å². The van der Waals surface area contributed by atoms with E-state index in [0.717, 1.165) is 25.2 Å². The summed E-state index contributed by atoms with van der Waals surface area (Å²) in [6.45, 7) is 5.14. The van der Waals surface area contributed by atoms with Crippen LogP contribution in [0.2, 0.25) is 0 Å². The van der Waals surface area contributed by atoms with Crippen molar-refractivity contribution in [2.24, 2.45) is 5.73 Å². The van der Waals surface area contributed by atoms with Gasteiger partial charge in [0.25, 0.3) is 0 Å². The predicted octanol–water partition coefficient (Wildman–Crippen LogP) is 5.27. The third-order valence-corrected chi connectivity index (χ3v) is 4.42. The van der Waals surface area contributed by atoms with Crippen molar-refractivity contribution in [2.75, 3.05) is 18.5 Å². The zero-order valence-electron chi connectivity index (χ0n) is 15.4. The number of hydrogen-bond acceptors (Lipinski definition) is 4. The average molecular weight is 340 g/mol. The quantitative estimate of drug-likeness (QED) is 0.328. The predicted molar refractivity (Wildman–Crippen MR) is 107 cm³/mol. The van der Waals surface area contributed by atoms with E-state index in [0.29, 0.717) is 0 Å². The Morgan fingerprint density at radius 3 is 2.17 bits per heavy atom. The molecule has 0 amide bonds. The molecule has 1 aromatic heterocycles. The highest BCUT2D eigenvalue weighted by atomic mass is 32.1. The summed E-state index contributed by atoms with van der Waals surface area (Å²) in [4.78, 5) is 6.51. The molecule has 0 spiro atoms. The third kappa shape index (κ3) is 12.4. The van der Waals surface area contributed by atoms with Gasteiger partial charge in [-0.25, -0.2) is 4.98 Å². The molecule has 23 heavy (non-hydrogen) atoms. The van der Waals surface area contributed by atoms with E-state index in [9.17, 15) is 0 Å². The van der Waals surface area contributed by atoms with Crippen LogP contribution in [0, 0.1) is 0 Å². The van der Waals surface area contributed by atoms with Crippen molar-refractivity contribution in [3.05, 3.63) is 24.4 Å². The first kappa shape index (κ1) is 22.3. The Balaban J connectivity index is 0.00000108. The second-order valence-corrected chi connectivity index (χ2v) is 6.57. The first-order chi connectivity index (χ1) is 11.2. The van der Waals surface area contributed by atoms with Crippen LogP contribution in [0.15, 0.2) is 24.4 Å². The number of hydrogen-bond donors (Lipinski definition) is 2. The van der Waals surface area contributed by atoms with Crippen LogP contribution >= 0.6 is 12.6 Å². The Morgan fingerprint density at radius 1 is 1.04 bits per heavy atom. The number of pyridine rings is 1. The van der Waals surface area contributed by atoms with Crippen molar-refractivity contribution in [1.29, 1.82) is 0 Å². The van der Waals surface area contributed by atoms with Gasteiger partial charge in [0.15, 0.2) is 0 Å². The van der Waals surface area contributed by atoms with Crippen molar-refractivity contribution >= 4 is 18.4 Å². The Bertz CT molecular complexity index is 344. The second kappa shape index (κ2) is 16.1. The lowest BCUT2D eigenvalue weighted by molar-refractivity contribution is 0.568. The molecule has 1 heterocycles. The molecule has 1 unspecified atom stereocenters. The van der Waals surface area contributed by atoms with E-state index in [1.807, 2.05) is 24.4 Å². The molecule has 0 saturated carbocycles. The van der Waals surface area contributed by atoms with E-state index < -0.39 is 0 Å². The molecule has 0 aliphatic heterocycles. The molecule has 0 radical (unpaired) electrons. The molecule has 1 rings (SSSR count). The molecule has 4 heteroatoms. The molecule has 0 aliphatic carbocycles. The number of unbranched alkanes of at least 4 members (excludes halogenated alkanes) is 6. The summed E-state index contributed by atoms with van der Waals surface area (Å²) in [5, 5.41) is 0.269. The smallest absolute Gasteiger partial charge is 0.129 e. The molecule has 2 N–H and O–H groups in total. The van der Waals surface area contributed by atoms with Crippen LogP contribution < -0.4 is 10.6 Å². The third-order valence-electron chi connectivity index (χ3n) is 3.81. The van der Waals surface area contributed by atoms with Crippen LogP contribution in [0.25, 0.3) is 0 Å². The molecule has 0 fully saturated rings. The normalized spacial score (nSPS) is 11.5. The molecule has 0 aromatic carbocycles. The van der Waals surface area contributed by atoms with Crippen molar-refractivity contribution in [2.45, 2.75) is 77.0 Å². The topological polar surface area (TPSA) is 42.2 Å². The van der Waals surface area contributed by atoms with Crippen LogP contribution in [-0.2, 0) is 0 Å². The van der Waals surface area contributed by atoms with Gasteiger partial charge in [0.1, 0.15) is 5.82 Å². The van der Waals surface area contributed by atoms with Crippen molar-refractivity contribution in [3.63, 3.8) is 0 Å². The van der Waals surface area contributed by atoms with Crippen LogP contribution in [0.4, 0.5) is 5.82 Å². The zero-order chi connectivity index (χ0) is 17.3. The largest absolute Gasteiger partial charge is 0.348 e. The van der Waals surface area contributed by atoms with Gasteiger partial charge in [-0.2, -0.15) is 12.6 Å². The standard InChI is InChI=1S/C16H28N2S.C3H9N/c1-3-4-5-6-7-8-9-13-16(19)18(2)15-12-10-11-14-17-15;1-2-3-4/h10-12,14,16,19H,3-9,13H2,1-2H3;2-4H2,1H3. The lowest BCUT2D eigenvalue weighted by atomic mass is 10.1. The van der Waals surface area contributed by atoms with Gasteiger partial charge in [-0.05, 0) is 31.5 Å². The van der Waals surface area contributed by atoms with E-state index >= 15 is 0 Å². The fraction of sp³-hybridized carbons (Fsp3) is 0.737. The van der Waals surface area contributed by atoms with E-state index in [2.05, 4.69) is 43.4 Å². The van der Waals surface area contributed by atoms with Gasteiger partial charge in [0.05, 0.1) is 5.37 Å². The molecule has 0 aliphatic rings. The summed E-state index contributed by atoms with van der Waals surface area (Å²) < 4.78 is 0. The lowest BCUT2D eigenvalue weighted by Gasteiger charge is -2.25. The number of nitrogens with two attached hydrogens (primary N) is 1. The summed E-state index contributed by atoms with van der Waals surface area (Å²) in [6.07, 6.45) is 13.5. The number of anilines is 1. The summed E-state index contributed by atoms with van der Waals surface area (Å²) in [5.41, 5.74) is 5.03. The minimum absolute atomic E-state index is 0.269. The molecule has 0 bridgehead atoms. The van der Waals surface area contributed by atoms with Crippen LogP contribution in [0.1, 0.15) is 71.6 Å². The van der Waals surface area contributed by atoms with Gasteiger partial charge in [0, 0.05) is 13.2 Å². The fourth-order valence-electron chi connectivity index (χ4n) is 2.19. The van der Waals surface area contributed by atoms with Crippen LogP contribution in [-0.4, -0.2) is 24.0 Å². The van der Waals surface area contributed by atoms with Gasteiger partial charge in [-0.15, -0.1) is 0 Å². The maximum atomic E-state index is 5.03. The average Bonchev–Trinajstić information content (AvgIpc) is 2.61. The lowest BCUT2D eigenvalue weighted by Crippen LogP contribution is -2.27. The summed E-state index contributed by atoms with van der Waals surface area (Å²) in [6, 6.07) is 6.00. The summed E-state index contributed by atoms with van der Waals surface area (Å²) in [7, 11) is 2.07. The maximum absolute atomic E-state index is 5.03. The molecular weight excluding hydrogens is 302 g/mol. The van der Waals surface area contributed by atoms with Gasteiger partial charge in [0.2, 0.25) is 0 Å². The maximum Gasteiger partial charge on any atom is 0.129 e. The highest BCUT2D eigenvalue weighted by Gasteiger charge is 2.10. The Kier molecular flexibility index (Phi) is 15.6. The highest BCUT2D eigenvalue weighted by molar-refractivity contribution is 7.81. The fourth-order valence-corrected chi connectivity index (χ4v) is 2.49. The number of thiol groups is 1. The molecule has 1 atom stereocenters. The second-order valence-electron chi connectivity index (χ2n) is 5.98.